The topological polar surface area (TPSA) is 21.3 Å². The molecule has 0 spiro atoms. The number of hydrogen-bond donors (Lipinski definition) is 1. The van der Waals surface area contributed by atoms with Crippen LogP contribution in [0.25, 0.3) is 10.8 Å². The highest BCUT2D eigenvalue weighted by Crippen LogP contribution is 2.30. The standard InChI is InChI=1S/C15H18BrNO/c1-10(11(2)18-3)17-15-9-8-14(16)12-6-4-5-7-13(12)15/h4-11,17H,1-3H3. The number of hydrogen-bond acceptors (Lipinski definition) is 2. The fourth-order valence-corrected chi connectivity index (χ4v) is 2.43. The fraction of sp³-hybridized carbons (Fsp3) is 0.333. The van der Waals surface area contributed by atoms with E-state index in [9.17, 15) is 0 Å². The van der Waals surface area contributed by atoms with E-state index in [4.69, 9.17) is 4.74 Å². The second-order valence-corrected chi connectivity index (χ2v) is 5.37. The molecule has 3 heteroatoms. The number of anilines is 1. The molecular weight excluding hydrogens is 290 g/mol. The summed E-state index contributed by atoms with van der Waals surface area (Å²) in [6, 6.07) is 12.8. The molecule has 2 nitrogen and oxygen atoms in total. The SMILES string of the molecule is COC(C)C(C)Nc1ccc(Br)c2ccccc12. The van der Waals surface area contributed by atoms with Crippen LogP contribution in [-0.4, -0.2) is 19.3 Å². The molecule has 0 aliphatic rings. The number of rotatable bonds is 4. The van der Waals surface area contributed by atoms with Crippen LogP contribution in [0.3, 0.4) is 0 Å². The van der Waals surface area contributed by atoms with E-state index < -0.39 is 0 Å². The zero-order chi connectivity index (χ0) is 13.1. The van der Waals surface area contributed by atoms with Gasteiger partial charge in [0.05, 0.1) is 6.10 Å². The third-order valence-corrected chi connectivity index (χ3v) is 4.02. The van der Waals surface area contributed by atoms with Crippen molar-refractivity contribution in [1.82, 2.24) is 0 Å². The van der Waals surface area contributed by atoms with Gasteiger partial charge in [-0.05, 0) is 31.4 Å². The molecule has 0 fully saturated rings. The minimum Gasteiger partial charge on any atom is -0.380 e. The zero-order valence-corrected chi connectivity index (χ0v) is 12.5. The fourth-order valence-electron chi connectivity index (χ4n) is 1.95. The van der Waals surface area contributed by atoms with Crippen LogP contribution in [0.2, 0.25) is 0 Å². The molecule has 2 rings (SSSR count). The van der Waals surface area contributed by atoms with Crippen molar-refractivity contribution in [3.8, 4) is 0 Å². The molecule has 0 aromatic heterocycles. The van der Waals surface area contributed by atoms with E-state index in [1.165, 1.54) is 10.8 Å². The summed E-state index contributed by atoms with van der Waals surface area (Å²) in [4.78, 5) is 0. The highest BCUT2D eigenvalue weighted by molar-refractivity contribution is 9.10. The summed E-state index contributed by atoms with van der Waals surface area (Å²) in [5, 5.41) is 5.96. The van der Waals surface area contributed by atoms with Crippen molar-refractivity contribution >= 4 is 32.4 Å². The summed E-state index contributed by atoms with van der Waals surface area (Å²) in [6.45, 7) is 4.20. The normalized spacial score (nSPS) is 14.4. The second kappa shape index (κ2) is 5.72. The first kappa shape index (κ1) is 13.4. The molecule has 0 heterocycles. The van der Waals surface area contributed by atoms with E-state index >= 15 is 0 Å². The van der Waals surface area contributed by atoms with Gasteiger partial charge in [-0.25, -0.2) is 0 Å². The van der Waals surface area contributed by atoms with Crippen LogP contribution < -0.4 is 5.32 Å². The predicted octanol–water partition coefficient (Wildman–Crippen LogP) is 4.44. The van der Waals surface area contributed by atoms with Crippen LogP contribution in [0.4, 0.5) is 5.69 Å². The molecular formula is C15H18BrNO. The molecule has 0 amide bonds. The summed E-state index contributed by atoms with van der Waals surface area (Å²) in [6.07, 6.45) is 0.174. The Morgan fingerprint density at radius 3 is 2.39 bits per heavy atom. The van der Waals surface area contributed by atoms with E-state index in [0.717, 1.165) is 10.2 Å². The molecule has 2 unspecified atom stereocenters. The Morgan fingerprint density at radius 1 is 1.06 bits per heavy atom. The van der Waals surface area contributed by atoms with E-state index in [2.05, 4.69) is 71.5 Å². The highest BCUT2D eigenvalue weighted by atomic mass is 79.9. The Kier molecular flexibility index (Phi) is 4.25. The van der Waals surface area contributed by atoms with Crippen molar-refractivity contribution in [3.63, 3.8) is 0 Å². The Bertz CT molecular complexity index is 541. The zero-order valence-electron chi connectivity index (χ0n) is 10.9. The average Bonchev–Trinajstić information content (AvgIpc) is 2.41. The van der Waals surface area contributed by atoms with Gasteiger partial charge < -0.3 is 10.1 Å². The van der Waals surface area contributed by atoms with Crippen molar-refractivity contribution in [3.05, 3.63) is 40.9 Å². The molecule has 0 aliphatic carbocycles. The molecule has 0 saturated carbocycles. The van der Waals surface area contributed by atoms with Crippen molar-refractivity contribution in [1.29, 1.82) is 0 Å². The molecule has 2 aromatic carbocycles. The molecule has 2 atom stereocenters. The van der Waals surface area contributed by atoms with E-state index in [1.807, 2.05) is 0 Å². The van der Waals surface area contributed by atoms with Crippen molar-refractivity contribution < 1.29 is 4.74 Å². The minimum absolute atomic E-state index is 0.174. The van der Waals surface area contributed by atoms with Crippen LogP contribution in [0.1, 0.15) is 13.8 Å². The predicted molar refractivity (Wildman–Crippen MR) is 81.2 cm³/mol. The van der Waals surface area contributed by atoms with Crippen molar-refractivity contribution in [2.45, 2.75) is 26.0 Å². The molecule has 18 heavy (non-hydrogen) atoms. The number of halogens is 1. The number of nitrogens with one attached hydrogen (secondary N) is 1. The van der Waals surface area contributed by atoms with Crippen LogP contribution in [0.5, 0.6) is 0 Å². The smallest absolute Gasteiger partial charge is 0.0741 e. The molecule has 0 bridgehead atoms. The monoisotopic (exact) mass is 307 g/mol. The number of ether oxygens (including phenoxy) is 1. The Hall–Kier alpha value is -1.06. The molecule has 96 valence electrons. The van der Waals surface area contributed by atoms with Crippen LogP contribution in [0.15, 0.2) is 40.9 Å². The van der Waals surface area contributed by atoms with Crippen molar-refractivity contribution in [2.75, 3.05) is 12.4 Å². The second-order valence-electron chi connectivity index (χ2n) is 4.51. The molecule has 0 aliphatic heterocycles. The Morgan fingerprint density at radius 2 is 1.72 bits per heavy atom. The summed E-state index contributed by atoms with van der Waals surface area (Å²) >= 11 is 3.59. The summed E-state index contributed by atoms with van der Waals surface area (Å²) < 4.78 is 6.47. The lowest BCUT2D eigenvalue weighted by Crippen LogP contribution is -2.29. The first-order valence-corrected chi connectivity index (χ1v) is 6.89. The van der Waals surface area contributed by atoms with Crippen LogP contribution in [0, 0.1) is 0 Å². The van der Waals surface area contributed by atoms with E-state index in [0.29, 0.717) is 0 Å². The summed E-state index contributed by atoms with van der Waals surface area (Å²) in [7, 11) is 1.74. The summed E-state index contributed by atoms with van der Waals surface area (Å²) in [5.41, 5.74) is 1.14. The van der Waals surface area contributed by atoms with Gasteiger partial charge in [-0.1, -0.05) is 40.2 Å². The molecule has 1 N–H and O–H groups in total. The maximum absolute atomic E-state index is 5.35. The maximum atomic E-state index is 5.35. The van der Waals surface area contributed by atoms with Crippen LogP contribution >= 0.6 is 15.9 Å². The highest BCUT2D eigenvalue weighted by Gasteiger charge is 2.12. The summed E-state index contributed by atoms with van der Waals surface area (Å²) in [5.74, 6) is 0. The van der Waals surface area contributed by atoms with Crippen molar-refractivity contribution in [2.24, 2.45) is 0 Å². The van der Waals surface area contributed by atoms with Gasteiger partial charge in [0, 0.05) is 28.7 Å². The van der Waals surface area contributed by atoms with Gasteiger partial charge >= 0.3 is 0 Å². The third kappa shape index (κ3) is 2.68. The van der Waals surface area contributed by atoms with Gasteiger partial charge in [-0.3, -0.25) is 0 Å². The quantitative estimate of drug-likeness (QED) is 0.901. The minimum atomic E-state index is 0.174. The number of fused-ring (bicyclic) bond motifs is 1. The maximum Gasteiger partial charge on any atom is 0.0741 e. The van der Waals surface area contributed by atoms with Gasteiger partial charge in [-0.15, -0.1) is 0 Å². The molecule has 2 aromatic rings. The van der Waals surface area contributed by atoms with E-state index in [-0.39, 0.29) is 12.1 Å². The Balaban J connectivity index is 2.37. The van der Waals surface area contributed by atoms with E-state index in [1.54, 1.807) is 7.11 Å². The largest absolute Gasteiger partial charge is 0.380 e. The molecule has 0 radical (unpaired) electrons. The van der Waals surface area contributed by atoms with Gasteiger partial charge in [0.2, 0.25) is 0 Å². The average molecular weight is 308 g/mol. The third-order valence-electron chi connectivity index (χ3n) is 3.33. The first-order valence-electron chi connectivity index (χ1n) is 6.10. The first-order chi connectivity index (χ1) is 8.63. The van der Waals surface area contributed by atoms with Crippen LogP contribution in [-0.2, 0) is 4.74 Å². The number of benzene rings is 2. The lowest BCUT2D eigenvalue weighted by molar-refractivity contribution is 0.106. The van der Waals surface area contributed by atoms with Gasteiger partial charge in [-0.2, -0.15) is 0 Å². The van der Waals surface area contributed by atoms with Gasteiger partial charge in [0.15, 0.2) is 0 Å². The number of methoxy groups -OCH3 is 1. The molecule has 0 saturated heterocycles. The van der Waals surface area contributed by atoms with Gasteiger partial charge in [0.25, 0.3) is 0 Å². The lowest BCUT2D eigenvalue weighted by Gasteiger charge is -2.22. The lowest BCUT2D eigenvalue weighted by atomic mass is 10.1. The Labute approximate surface area is 116 Å². The van der Waals surface area contributed by atoms with Gasteiger partial charge in [0.1, 0.15) is 0 Å².